The number of nitrogens with one attached hydrogen (secondary N) is 1. The molecule has 15 atom stereocenters. The molecule has 1 aliphatic carbocycles. The van der Waals surface area contributed by atoms with Crippen molar-refractivity contribution in [3.8, 4) is 0 Å². The second kappa shape index (κ2) is 26.6. The summed E-state index contributed by atoms with van der Waals surface area (Å²) in [6.07, 6.45) is 13.5. The Morgan fingerprint density at radius 1 is 0.875 bits per heavy atom. The lowest BCUT2D eigenvalue weighted by molar-refractivity contribution is -0.264. The first-order valence-corrected chi connectivity index (χ1v) is 27.5. The molecule has 3 fully saturated rings. The fraction of sp³-hybridized carbons (Fsp3) is 0.722. The van der Waals surface area contributed by atoms with Crippen molar-refractivity contribution in [3.63, 3.8) is 0 Å². The molecule has 1 amide bonds. The average molecular weight is 1030 g/mol. The number of hydrogen-bond acceptors (Lipinski definition) is 15. The number of cyclic esters (lactones) is 1. The van der Waals surface area contributed by atoms with Gasteiger partial charge in [0.1, 0.15) is 29.2 Å². The lowest BCUT2D eigenvalue weighted by Crippen LogP contribution is -2.61. The van der Waals surface area contributed by atoms with Gasteiger partial charge in [0.2, 0.25) is 15.8 Å². The number of aliphatic hydroxyl groups excluding tert-OH is 2. The van der Waals surface area contributed by atoms with Crippen molar-refractivity contribution >= 4 is 33.5 Å². The Morgan fingerprint density at radius 3 is 2.29 bits per heavy atom. The summed E-state index contributed by atoms with van der Waals surface area (Å²) < 4.78 is 59.2. The van der Waals surface area contributed by atoms with Crippen molar-refractivity contribution in [1.82, 2.24) is 14.8 Å². The van der Waals surface area contributed by atoms with Gasteiger partial charge >= 0.3 is 5.97 Å². The topological polar surface area (TPSA) is 241 Å². The molecular weight excluding hydrogens is 947 g/mol. The zero-order valence-corrected chi connectivity index (χ0v) is 45.0. The summed E-state index contributed by atoms with van der Waals surface area (Å²) in [7, 11) is -1.20. The number of methoxy groups -OCH3 is 2. The molecule has 4 N–H and O–H groups in total. The number of rotatable bonds is 8. The lowest BCUT2D eigenvalue weighted by Gasteiger charge is -2.43. The Kier molecular flexibility index (Phi) is 21.8. The first-order chi connectivity index (χ1) is 34.0. The number of aryl methyl sites for hydroxylation is 1. The minimum absolute atomic E-state index is 0.0222. The molecule has 404 valence electrons. The van der Waals surface area contributed by atoms with Gasteiger partial charge in [0.15, 0.2) is 11.5 Å². The quantitative estimate of drug-likeness (QED) is 0.121. The second-order valence-electron chi connectivity index (χ2n) is 21.4. The number of ketones is 2. The Morgan fingerprint density at radius 2 is 1.61 bits per heavy atom. The highest BCUT2D eigenvalue weighted by atomic mass is 32.2. The van der Waals surface area contributed by atoms with E-state index in [1.165, 1.54) is 18.9 Å². The summed E-state index contributed by atoms with van der Waals surface area (Å²) in [6, 6.07) is -2.03. The predicted molar refractivity (Wildman–Crippen MR) is 269 cm³/mol. The number of aliphatic hydroxyl groups is 3. The molecule has 0 aromatic carbocycles. The number of sulfonamides is 1. The summed E-state index contributed by atoms with van der Waals surface area (Å²) in [5, 5.41) is 37.9. The van der Waals surface area contributed by atoms with Gasteiger partial charge in [-0.3, -0.25) is 14.4 Å². The largest absolute Gasteiger partial charge is 0.461 e. The van der Waals surface area contributed by atoms with Gasteiger partial charge in [-0.15, -0.1) is 0 Å². The van der Waals surface area contributed by atoms with Crippen molar-refractivity contribution in [2.75, 3.05) is 20.8 Å². The third kappa shape index (κ3) is 15.1. The van der Waals surface area contributed by atoms with E-state index in [4.69, 9.17) is 23.5 Å². The molecule has 1 aromatic rings. The molecule has 1 unspecified atom stereocenters. The van der Waals surface area contributed by atoms with E-state index in [0.29, 0.717) is 68.9 Å². The number of aromatic nitrogens is 1. The van der Waals surface area contributed by atoms with Gasteiger partial charge in [-0.1, -0.05) is 81.8 Å². The van der Waals surface area contributed by atoms with Crippen LogP contribution < -0.4 is 4.72 Å². The van der Waals surface area contributed by atoms with E-state index in [1.807, 2.05) is 45.9 Å². The minimum Gasteiger partial charge on any atom is -0.461 e. The normalized spacial score (nSPS) is 37.8. The smallest absolute Gasteiger partial charge is 0.329 e. The van der Waals surface area contributed by atoms with Gasteiger partial charge in [-0.05, 0) is 133 Å². The molecule has 1 saturated carbocycles. The molecule has 1 aromatic heterocycles. The number of fused-ring (bicyclic) bond motifs is 3. The SMILES string of the molecule is CO[C@@H]1C[C@@H](C[C@@H](C)[C@@H]2CC[C@H](C)/C=C(\C)[C@@H](O)[C@@H](OC)C(=O)[C@H](C)C[C@H](C)/C=C/C=C/C=C(\C)C(NS(=O)(=O)c3cnoc3C)C[C@@H]3CC[C@@H](C)[C@@](O)(O3)C(=O)C(=O)N3CCCC[C@H]3C(=O)O2)CC[C@H]1O. The lowest BCUT2D eigenvalue weighted by atomic mass is 9.78. The summed E-state index contributed by atoms with van der Waals surface area (Å²) in [4.78, 5) is 58.2. The van der Waals surface area contributed by atoms with Crippen molar-refractivity contribution in [1.29, 1.82) is 0 Å². The van der Waals surface area contributed by atoms with Crippen LogP contribution in [0.5, 0.6) is 0 Å². The Labute approximate surface area is 427 Å². The molecule has 18 heteroatoms. The summed E-state index contributed by atoms with van der Waals surface area (Å²) >= 11 is 0. The van der Waals surface area contributed by atoms with Gasteiger partial charge in [0.25, 0.3) is 11.7 Å². The standard InChI is InChI=1S/C54H83N3O14S/c1-32-16-12-11-13-17-34(3)42(56-72(65,66)47-31-55-71-39(47)8)30-41-22-20-38(7)54(64,70-41)51(61)52(62)57-25-15-14-18-43(57)53(63)69-45(35(4)28-40-21-23-44(58)46(29-40)67-9)24-19-33(2)27-37(6)49(60)50(68-10)48(59)36(5)26-32/h11-13,16-17,27,31-33,35-36,38,40-46,49-50,56,58,60,64H,14-15,18-26,28-30H2,1-10H3/b13-11+,16-12+,34-17+,37-27+/t32-,33+,35-,36-,38-,40-,41+,42?,43+,44-,45+,46-,49-,50+,54-/m1/s1. The van der Waals surface area contributed by atoms with Crippen LogP contribution in [0.3, 0.4) is 0 Å². The van der Waals surface area contributed by atoms with E-state index in [1.54, 1.807) is 46.1 Å². The number of allylic oxidation sites excluding steroid dienone is 6. The van der Waals surface area contributed by atoms with E-state index >= 15 is 0 Å². The molecule has 72 heavy (non-hydrogen) atoms. The van der Waals surface area contributed by atoms with Crippen molar-refractivity contribution in [2.24, 2.45) is 35.5 Å². The maximum atomic E-state index is 14.5. The number of piperidine rings is 1. The van der Waals surface area contributed by atoms with Crippen molar-refractivity contribution in [2.45, 2.75) is 198 Å². The van der Waals surface area contributed by atoms with E-state index in [-0.39, 0.29) is 72.0 Å². The zero-order valence-electron chi connectivity index (χ0n) is 44.2. The van der Waals surface area contributed by atoms with Crippen LogP contribution in [0.1, 0.15) is 138 Å². The maximum absolute atomic E-state index is 14.5. The van der Waals surface area contributed by atoms with Crippen LogP contribution in [0.2, 0.25) is 0 Å². The van der Waals surface area contributed by atoms with Gasteiger partial charge in [0, 0.05) is 38.6 Å². The van der Waals surface area contributed by atoms with Gasteiger partial charge in [0.05, 0.1) is 24.5 Å². The molecule has 17 nitrogen and oxygen atoms in total. The maximum Gasteiger partial charge on any atom is 0.329 e. The molecule has 4 aliphatic rings. The Balaban J connectivity index is 1.50. The molecule has 5 rings (SSSR count). The molecule has 3 aliphatic heterocycles. The fourth-order valence-corrected chi connectivity index (χ4v) is 12.4. The monoisotopic (exact) mass is 1030 g/mol. The van der Waals surface area contributed by atoms with E-state index < -0.39 is 87.9 Å². The summed E-state index contributed by atoms with van der Waals surface area (Å²) in [5.74, 6) is -7.03. The molecule has 2 saturated heterocycles. The Hall–Kier alpha value is -3.88. The average Bonchev–Trinajstić information content (AvgIpc) is 3.80. The number of hydrogen-bond donors (Lipinski definition) is 4. The number of ether oxygens (including phenoxy) is 4. The van der Waals surface area contributed by atoms with Crippen LogP contribution in [-0.2, 0) is 48.1 Å². The van der Waals surface area contributed by atoms with Crippen LogP contribution in [0.4, 0.5) is 0 Å². The van der Waals surface area contributed by atoms with Gasteiger partial charge in [-0.2, -0.15) is 0 Å². The highest BCUT2D eigenvalue weighted by molar-refractivity contribution is 7.89. The van der Waals surface area contributed by atoms with Crippen LogP contribution in [0, 0.1) is 42.4 Å². The third-order valence-electron chi connectivity index (χ3n) is 15.6. The van der Waals surface area contributed by atoms with Crippen molar-refractivity contribution < 1.29 is 66.4 Å². The first-order valence-electron chi connectivity index (χ1n) is 26.1. The van der Waals surface area contributed by atoms with E-state index in [9.17, 15) is 42.9 Å². The molecule has 0 spiro atoms. The molecule has 2 bridgehead atoms. The second-order valence-corrected chi connectivity index (χ2v) is 23.1. The first kappa shape index (κ1) is 59.0. The summed E-state index contributed by atoms with van der Waals surface area (Å²) in [5.41, 5.74) is 1.14. The minimum atomic E-state index is -4.20. The number of carbonyl (C=O) groups is 4. The molecule has 4 heterocycles. The predicted octanol–water partition coefficient (Wildman–Crippen LogP) is 6.63. The highest BCUT2D eigenvalue weighted by Crippen LogP contribution is 2.38. The Bertz CT molecular complexity index is 2240. The highest BCUT2D eigenvalue weighted by Gasteiger charge is 2.53. The number of Topliss-reactive ketones (excluding diaryl/α,β-unsaturated/α-hetero) is 2. The van der Waals surface area contributed by atoms with Crippen LogP contribution in [0.15, 0.2) is 63.2 Å². The number of esters is 1. The van der Waals surface area contributed by atoms with Crippen LogP contribution in [0.25, 0.3) is 0 Å². The van der Waals surface area contributed by atoms with E-state index in [2.05, 4.69) is 9.88 Å². The molecular formula is C54H83N3O14S. The van der Waals surface area contributed by atoms with E-state index in [0.717, 1.165) is 12.6 Å². The number of nitrogens with zero attached hydrogens (tertiary/aromatic N) is 2. The van der Waals surface area contributed by atoms with Crippen LogP contribution in [-0.4, -0.2) is 132 Å². The zero-order chi connectivity index (χ0) is 53.1. The third-order valence-corrected chi connectivity index (χ3v) is 17.1. The van der Waals surface area contributed by atoms with Crippen LogP contribution >= 0.6 is 0 Å². The van der Waals surface area contributed by atoms with Gasteiger partial charge in [-0.25, -0.2) is 17.9 Å². The number of carbonyl (C=O) groups excluding carboxylic acids is 4. The number of amides is 1. The molecule has 0 radical (unpaired) electrons. The van der Waals surface area contributed by atoms with Gasteiger partial charge < -0.3 is 43.7 Å². The van der Waals surface area contributed by atoms with Crippen molar-refractivity contribution in [3.05, 3.63) is 59.6 Å². The fourth-order valence-electron chi connectivity index (χ4n) is 11.0. The summed E-state index contributed by atoms with van der Waals surface area (Å²) in [6.45, 7) is 14.5.